The van der Waals surface area contributed by atoms with E-state index in [1.165, 1.54) is 18.4 Å². The SMILES string of the molecule is CCCCc1ccc(Nc2ccc(I)cc2N)cc1. The molecule has 0 atom stereocenters. The first-order chi connectivity index (χ1) is 9.19. The Morgan fingerprint density at radius 2 is 1.84 bits per heavy atom. The summed E-state index contributed by atoms with van der Waals surface area (Å²) in [5.74, 6) is 0. The predicted octanol–water partition coefficient (Wildman–Crippen LogP) is 4.96. The minimum atomic E-state index is 0.780. The molecule has 0 fully saturated rings. The number of benzene rings is 2. The van der Waals surface area contributed by atoms with Gasteiger partial charge in [-0.1, -0.05) is 25.5 Å². The van der Waals surface area contributed by atoms with Crippen molar-refractivity contribution in [3.05, 3.63) is 51.6 Å². The molecule has 0 amide bonds. The van der Waals surface area contributed by atoms with E-state index in [9.17, 15) is 0 Å². The molecule has 0 aliphatic heterocycles. The molecule has 3 N–H and O–H groups in total. The zero-order valence-corrected chi connectivity index (χ0v) is 13.3. The Morgan fingerprint density at radius 3 is 2.47 bits per heavy atom. The fourth-order valence-electron chi connectivity index (χ4n) is 1.94. The Hall–Kier alpha value is -1.23. The van der Waals surface area contributed by atoms with E-state index in [0.717, 1.165) is 27.1 Å². The molecule has 0 aliphatic carbocycles. The lowest BCUT2D eigenvalue weighted by Gasteiger charge is -2.10. The minimum absolute atomic E-state index is 0.780. The molecule has 0 aliphatic rings. The van der Waals surface area contributed by atoms with Gasteiger partial charge in [-0.05, 0) is 71.3 Å². The summed E-state index contributed by atoms with van der Waals surface area (Å²) in [4.78, 5) is 0. The average molecular weight is 366 g/mol. The van der Waals surface area contributed by atoms with Gasteiger partial charge in [0.25, 0.3) is 0 Å². The molecule has 0 radical (unpaired) electrons. The van der Waals surface area contributed by atoms with Crippen molar-refractivity contribution in [1.29, 1.82) is 0 Å². The maximum Gasteiger partial charge on any atom is 0.0618 e. The molecule has 0 aromatic heterocycles. The van der Waals surface area contributed by atoms with Crippen molar-refractivity contribution in [2.24, 2.45) is 0 Å². The van der Waals surface area contributed by atoms with Crippen LogP contribution in [0.1, 0.15) is 25.3 Å². The van der Waals surface area contributed by atoms with E-state index in [1.807, 2.05) is 12.1 Å². The van der Waals surface area contributed by atoms with Crippen LogP contribution in [0.3, 0.4) is 0 Å². The molecule has 0 bridgehead atoms. The number of nitrogens with two attached hydrogens (primary N) is 1. The molecular weight excluding hydrogens is 347 g/mol. The number of nitrogens with one attached hydrogen (secondary N) is 1. The summed E-state index contributed by atoms with van der Waals surface area (Å²) in [7, 11) is 0. The van der Waals surface area contributed by atoms with E-state index in [1.54, 1.807) is 0 Å². The normalized spacial score (nSPS) is 10.4. The molecule has 2 aromatic carbocycles. The lowest BCUT2D eigenvalue weighted by Crippen LogP contribution is -1.96. The van der Waals surface area contributed by atoms with E-state index in [4.69, 9.17) is 5.73 Å². The first-order valence-electron chi connectivity index (χ1n) is 6.60. The Balaban J connectivity index is 2.06. The molecule has 100 valence electrons. The highest BCUT2D eigenvalue weighted by atomic mass is 127. The third-order valence-corrected chi connectivity index (χ3v) is 3.74. The summed E-state index contributed by atoms with van der Waals surface area (Å²) in [6.45, 7) is 2.22. The van der Waals surface area contributed by atoms with Crippen LogP contribution in [0.15, 0.2) is 42.5 Å². The molecule has 0 heterocycles. The number of hydrogen-bond acceptors (Lipinski definition) is 2. The van der Waals surface area contributed by atoms with Crippen LogP contribution in [-0.2, 0) is 6.42 Å². The molecule has 3 heteroatoms. The van der Waals surface area contributed by atoms with Crippen LogP contribution in [0.2, 0.25) is 0 Å². The summed E-state index contributed by atoms with van der Waals surface area (Å²) in [5, 5.41) is 3.35. The highest BCUT2D eigenvalue weighted by molar-refractivity contribution is 14.1. The van der Waals surface area contributed by atoms with Crippen molar-refractivity contribution < 1.29 is 0 Å². The number of rotatable bonds is 5. The maximum atomic E-state index is 6.00. The molecule has 0 saturated heterocycles. The summed E-state index contributed by atoms with van der Waals surface area (Å²) in [6.07, 6.45) is 3.64. The van der Waals surface area contributed by atoms with Gasteiger partial charge in [-0.15, -0.1) is 0 Å². The summed E-state index contributed by atoms with van der Waals surface area (Å²) in [6, 6.07) is 14.6. The number of unbranched alkanes of at least 4 members (excludes halogenated alkanes) is 1. The predicted molar refractivity (Wildman–Crippen MR) is 91.9 cm³/mol. The molecule has 0 unspecified atom stereocenters. The molecule has 2 nitrogen and oxygen atoms in total. The molecular formula is C16H19IN2. The zero-order valence-electron chi connectivity index (χ0n) is 11.1. The monoisotopic (exact) mass is 366 g/mol. The van der Waals surface area contributed by atoms with Gasteiger partial charge in [0.2, 0.25) is 0 Å². The lowest BCUT2D eigenvalue weighted by atomic mass is 10.1. The molecule has 0 saturated carbocycles. The van der Waals surface area contributed by atoms with Crippen LogP contribution >= 0.6 is 22.6 Å². The highest BCUT2D eigenvalue weighted by Crippen LogP contribution is 2.25. The quantitative estimate of drug-likeness (QED) is 0.580. The highest BCUT2D eigenvalue weighted by Gasteiger charge is 2.00. The topological polar surface area (TPSA) is 38.0 Å². The van der Waals surface area contributed by atoms with E-state index in [0.29, 0.717) is 0 Å². The van der Waals surface area contributed by atoms with Gasteiger partial charge in [0, 0.05) is 9.26 Å². The summed E-state index contributed by atoms with van der Waals surface area (Å²) in [5.41, 5.74) is 10.2. The van der Waals surface area contributed by atoms with Gasteiger partial charge in [-0.2, -0.15) is 0 Å². The van der Waals surface area contributed by atoms with Crippen LogP contribution in [0.25, 0.3) is 0 Å². The fraction of sp³-hybridized carbons (Fsp3) is 0.250. The van der Waals surface area contributed by atoms with Gasteiger partial charge < -0.3 is 11.1 Å². The Bertz CT molecular complexity index is 535. The van der Waals surface area contributed by atoms with Crippen LogP contribution in [0.4, 0.5) is 17.1 Å². The third kappa shape index (κ3) is 4.13. The van der Waals surface area contributed by atoms with Gasteiger partial charge in [0.15, 0.2) is 0 Å². The Kier molecular flexibility index (Phi) is 5.07. The second-order valence-electron chi connectivity index (χ2n) is 4.66. The van der Waals surface area contributed by atoms with Gasteiger partial charge in [-0.3, -0.25) is 0 Å². The molecule has 2 aromatic rings. The van der Waals surface area contributed by atoms with Crippen LogP contribution < -0.4 is 11.1 Å². The summed E-state index contributed by atoms with van der Waals surface area (Å²) < 4.78 is 1.15. The van der Waals surface area contributed by atoms with Gasteiger partial charge in [0.1, 0.15) is 0 Å². The van der Waals surface area contributed by atoms with Crippen molar-refractivity contribution >= 4 is 39.7 Å². The lowest BCUT2D eigenvalue weighted by molar-refractivity contribution is 0.795. The molecule has 19 heavy (non-hydrogen) atoms. The second-order valence-corrected chi connectivity index (χ2v) is 5.90. The number of aryl methyl sites for hydroxylation is 1. The van der Waals surface area contributed by atoms with Gasteiger partial charge >= 0.3 is 0 Å². The maximum absolute atomic E-state index is 6.00. The minimum Gasteiger partial charge on any atom is -0.397 e. The Labute approximate surface area is 128 Å². The van der Waals surface area contributed by atoms with Crippen LogP contribution in [0.5, 0.6) is 0 Å². The van der Waals surface area contributed by atoms with E-state index < -0.39 is 0 Å². The van der Waals surface area contributed by atoms with Crippen molar-refractivity contribution in [2.45, 2.75) is 26.2 Å². The smallest absolute Gasteiger partial charge is 0.0618 e. The molecule has 0 spiro atoms. The second kappa shape index (κ2) is 6.80. The largest absolute Gasteiger partial charge is 0.397 e. The Morgan fingerprint density at radius 1 is 1.11 bits per heavy atom. The number of nitrogen functional groups attached to an aromatic ring is 1. The van der Waals surface area contributed by atoms with Gasteiger partial charge in [-0.25, -0.2) is 0 Å². The standard InChI is InChI=1S/C16H19IN2/c1-2-3-4-12-5-8-14(9-6-12)19-16-10-7-13(17)11-15(16)18/h5-11,19H,2-4,18H2,1H3. The third-order valence-electron chi connectivity index (χ3n) is 3.07. The number of anilines is 3. The van der Waals surface area contributed by atoms with E-state index >= 15 is 0 Å². The summed E-state index contributed by atoms with van der Waals surface area (Å²) >= 11 is 2.26. The zero-order chi connectivity index (χ0) is 13.7. The molecule has 2 rings (SSSR count). The first kappa shape index (κ1) is 14.2. The fourth-order valence-corrected chi connectivity index (χ4v) is 2.45. The van der Waals surface area contributed by atoms with Crippen molar-refractivity contribution in [3.8, 4) is 0 Å². The van der Waals surface area contributed by atoms with Crippen molar-refractivity contribution in [3.63, 3.8) is 0 Å². The first-order valence-corrected chi connectivity index (χ1v) is 7.68. The van der Waals surface area contributed by atoms with Crippen molar-refractivity contribution in [2.75, 3.05) is 11.1 Å². The number of hydrogen-bond donors (Lipinski definition) is 2. The van der Waals surface area contributed by atoms with Crippen molar-refractivity contribution in [1.82, 2.24) is 0 Å². The van der Waals surface area contributed by atoms with E-state index in [-0.39, 0.29) is 0 Å². The van der Waals surface area contributed by atoms with Crippen LogP contribution in [-0.4, -0.2) is 0 Å². The van der Waals surface area contributed by atoms with Crippen LogP contribution in [0, 0.1) is 3.57 Å². The number of halogens is 1. The van der Waals surface area contributed by atoms with Gasteiger partial charge in [0.05, 0.1) is 11.4 Å². The average Bonchev–Trinajstić information content (AvgIpc) is 2.41. The van der Waals surface area contributed by atoms with E-state index in [2.05, 4.69) is 65.2 Å².